The molecule has 1 saturated carbocycles. The first-order valence-electron chi connectivity index (χ1n) is 11.9. The summed E-state index contributed by atoms with van der Waals surface area (Å²) < 4.78 is 5.35. The molecule has 1 aliphatic carbocycles. The zero-order valence-electron chi connectivity index (χ0n) is 21.1. The molecule has 11 nitrogen and oxygen atoms in total. The number of hydrogen-bond acceptors (Lipinski definition) is 9. The van der Waals surface area contributed by atoms with Crippen LogP contribution < -0.4 is 22.5 Å². The van der Waals surface area contributed by atoms with Crippen LogP contribution in [0.5, 0.6) is 0 Å². The second-order valence-corrected chi connectivity index (χ2v) is 10.3. The van der Waals surface area contributed by atoms with Crippen LogP contribution in [0.2, 0.25) is 5.15 Å². The quantitative estimate of drug-likeness (QED) is 0.188. The number of ketones is 1. The van der Waals surface area contributed by atoms with Crippen LogP contribution in [0.4, 0.5) is 11.6 Å². The number of anilines is 2. The number of nitrogens with one attached hydrogen (secondary N) is 1. The number of nitrogens with two attached hydrogens (primary N) is 3. The number of nitrogens with zero attached hydrogens (tertiary/aromatic N) is 3. The van der Waals surface area contributed by atoms with E-state index in [-0.39, 0.29) is 46.2 Å². The molecular weight excluding hydrogens is 498 g/mol. The van der Waals surface area contributed by atoms with Crippen LogP contribution in [0.15, 0.2) is 29.3 Å². The van der Waals surface area contributed by atoms with E-state index in [1.54, 1.807) is 45.0 Å². The number of halogens is 1. The van der Waals surface area contributed by atoms with E-state index in [1.807, 2.05) is 0 Å². The van der Waals surface area contributed by atoms with Crippen molar-refractivity contribution in [3.63, 3.8) is 0 Å². The largest absolute Gasteiger partial charge is 0.456 e. The minimum Gasteiger partial charge on any atom is -0.456 e. The molecule has 0 unspecified atom stereocenters. The van der Waals surface area contributed by atoms with E-state index in [0.29, 0.717) is 17.5 Å². The van der Waals surface area contributed by atoms with Gasteiger partial charge < -0.3 is 21.9 Å². The first-order valence-corrected chi connectivity index (χ1v) is 12.3. The topological polar surface area (TPSA) is 189 Å². The number of amides is 1. The predicted molar refractivity (Wildman–Crippen MR) is 141 cm³/mol. The molecule has 2 aromatic rings. The maximum Gasteiger partial charge on any atom is 0.338 e. The number of nitrogen functional groups attached to an aromatic ring is 2. The van der Waals surface area contributed by atoms with Crippen LogP contribution in [0.25, 0.3) is 0 Å². The third-order valence-electron chi connectivity index (χ3n) is 5.81. The summed E-state index contributed by atoms with van der Waals surface area (Å²) in [5.41, 5.74) is 17.3. The summed E-state index contributed by atoms with van der Waals surface area (Å²) in [6.07, 6.45) is 3.44. The smallest absolute Gasteiger partial charge is 0.338 e. The molecule has 0 aliphatic heterocycles. The summed E-state index contributed by atoms with van der Waals surface area (Å²) >= 11 is 5.81. The van der Waals surface area contributed by atoms with Gasteiger partial charge in [-0.05, 0) is 64.5 Å². The van der Waals surface area contributed by atoms with Crippen LogP contribution in [0.1, 0.15) is 84.1 Å². The summed E-state index contributed by atoms with van der Waals surface area (Å²) in [6, 6.07) is 6.46. The molecule has 1 amide bonds. The lowest BCUT2D eigenvalue weighted by atomic mass is 9.82. The highest BCUT2D eigenvalue weighted by atomic mass is 35.5. The van der Waals surface area contributed by atoms with Gasteiger partial charge in [-0.1, -0.05) is 23.7 Å². The molecule has 0 bridgehead atoms. The first kappa shape index (κ1) is 27.9. The number of rotatable bonds is 6. The zero-order valence-corrected chi connectivity index (χ0v) is 21.8. The Labute approximate surface area is 220 Å². The van der Waals surface area contributed by atoms with Gasteiger partial charge in [0.05, 0.1) is 11.6 Å². The summed E-state index contributed by atoms with van der Waals surface area (Å²) in [4.78, 5) is 49.3. The van der Waals surface area contributed by atoms with Gasteiger partial charge >= 0.3 is 5.97 Å². The molecule has 0 spiro atoms. The summed E-state index contributed by atoms with van der Waals surface area (Å²) in [5.74, 6) is -1.19. The van der Waals surface area contributed by atoms with Crippen molar-refractivity contribution in [1.29, 1.82) is 0 Å². The number of aliphatic imine (C=N–C) groups is 1. The van der Waals surface area contributed by atoms with Gasteiger partial charge in [0.25, 0.3) is 5.91 Å². The average Bonchev–Trinajstić information content (AvgIpc) is 2.81. The summed E-state index contributed by atoms with van der Waals surface area (Å²) in [5, 5.41) is 2.30. The SMILES string of the molecule is CC(C)(C)OC(=O)c1ccc(C(=O)CC2CCC(N=C(N)NC(=O)c3nc(Cl)c(N)nc3N)CC2)cc1. The molecule has 1 aromatic carbocycles. The standard InChI is InChI=1S/C25H32ClN7O4/c1-25(2,3)37-23(36)15-8-6-14(7-9-15)17(34)12-13-4-10-16(11-5-13)30-24(29)33-22(35)18-20(27)32-21(28)19(26)31-18/h6-9,13,16H,4-5,10-12H2,1-3H3,(H4,27,28,32)(H3,29,30,33,35). The number of carbonyl (C=O) groups is 3. The molecule has 7 N–H and O–H groups in total. The molecule has 1 aliphatic rings. The van der Waals surface area contributed by atoms with Crippen LogP contribution in [0.3, 0.4) is 0 Å². The average molecular weight is 530 g/mol. The molecule has 12 heteroatoms. The van der Waals surface area contributed by atoms with Gasteiger partial charge in [-0.3, -0.25) is 14.9 Å². The second kappa shape index (κ2) is 11.5. The van der Waals surface area contributed by atoms with E-state index >= 15 is 0 Å². The Bertz CT molecular complexity index is 1200. The van der Waals surface area contributed by atoms with Gasteiger partial charge in [0, 0.05) is 12.0 Å². The number of esters is 1. The number of benzene rings is 1. The number of carbonyl (C=O) groups excluding carboxylic acids is 3. The number of guanidine groups is 1. The molecule has 37 heavy (non-hydrogen) atoms. The Morgan fingerprint density at radius 2 is 1.62 bits per heavy atom. The zero-order chi connectivity index (χ0) is 27.3. The second-order valence-electron chi connectivity index (χ2n) is 9.98. The van der Waals surface area contributed by atoms with Gasteiger partial charge in [-0.25, -0.2) is 19.8 Å². The van der Waals surface area contributed by atoms with Crippen molar-refractivity contribution in [2.75, 3.05) is 11.5 Å². The first-order chi connectivity index (χ1) is 17.3. The Morgan fingerprint density at radius 1 is 1.03 bits per heavy atom. The third kappa shape index (κ3) is 7.88. The number of hydrogen-bond donors (Lipinski definition) is 4. The van der Waals surface area contributed by atoms with Crippen molar-refractivity contribution in [3.05, 3.63) is 46.2 Å². The molecule has 1 heterocycles. The van der Waals surface area contributed by atoms with Crippen molar-refractivity contribution in [3.8, 4) is 0 Å². The fourth-order valence-electron chi connectivity index (χ4n) is 4.00. The number of ether oxygens (including phenoxy) is 1. The normalized spacial score (nSPS) is 18.2. The van der Waals surface area contributed by atoms with Crippen molar-refractivity contribution in [2.24, 2.45) is 16.6 Å². The van der Waals surface area contributed by atoms with Gasteiger partial charge in [-0.15, -0.1) is 0 Å². The highest BCUT2D eigenvalue weighted by Crippen LogP contribution is 2.30. The third-order valence-corrected chi connectivity index (χ3v) is 6.09. The minimum atomic E-state index is -0.690. The van der Waals surface area contributed by atoms with Crippen molar-refractivity contribution >= 4 is 46.9 Å². The molecule has 0 saturated heterocycles. The van der Waals surface area contributed by atoms with E-state index in [2.05, 4.69) is 20.3 Å². The lowest BCUT2D eigenvalue weighted by Gasteiger charge is -2.26. The number of aromatic nitrogens is 2. The van der Waals surface area contributed by atoms with E-state index in [4.69, 9.17) is 33.5 Å². The van der Waals surface area contributed by atoms with E-state index < -0.39 is 17.5 Å². The minimum absolute atomic E-state index is 0.0234. The molecule has 1 aromatic heterocycles. The maximum absolute atomic E-state index is 12.8. The lowest BCUT2D eigenvalue weighted by Crippen LogP contribution is -2.39. The Kier molecular flexibility index (Phi) is 8.69. The molecular formula is C25H32ClN7O4. The fraction of sp³-hybridized carbons (Fsp3) is 0.440. The fourth-order valence-corrected chi connectivity index (χ4v) is 4.13. The van der Waals surface area contributed by atoms with E-state index in [1.165, 1.54) is 0 Å². The van der Waals surface area contributed by atoms with Crippen molar-refractivity contribution < 1.29 is 19.1 Å². The predicted octanol–water partition coefficient (Wildman–Crippen LogP) is 3.13. The lowest BCUT2D eigenvalue weighted by molar-refractivity contribution is 0.00692. The number of Topliss-reactive ketones (excluding diaryl/α,β-unsaturated/α-hetero) is 1. The Balaban J connectivity index is 1.49. The van der Waals surface area contributed by atoms with Gasteiger partial charge in [-0.2, -0.15) is 0 Å². The van der Waals surface area contributed by atoms with Crippen LogP contribution in [-0.2, 0) is 4.74 Å². The van der Waals surface area contributed by atoms with E-state index in [9.17, 15) is 14.4 Å². The van der Waals surface area contributed by atoms with Crippen LogP contribution >= 0.6 is 11.6 Å². The maximum atomic E-state index is 12.8. The Morgan fingerprint density at radius 3 is 2.22 bits per heavy atom. The van der Waals surface area contributed by atoms with Crippen molar-refractivity contribution in [2.45, 2.75) is 64.5 Å². The van der Waals surface area contributed by atoms with Gasteiger partial charge in [0.2, 0.25) is 0 Å². The Hall–Kier alpha value is -3.73. The van der Waals surface area contributed by atoms with Gasteiger partial charge in [0.1, 0.15) is 5.60 Å². The summed E-state index contributed by atoms with van der Waals surface area (Å²) in [6.45, 7) is 5.41. The molecule has 198 valence electrons. The van der Waals surface area contributed by atoms with Crippen molar-refractivity contribution in [1.82, 2.24) is 15.3 Å². The molecule has 0 radical (unpaired) electrons. The van der Waals surface area contributed by atoms with Crippen LogP contribution in [-0.4, -0.2) is 45.2 Å². The molecule has 3 rings (SSSR count). The highest BCUT2D eigenvalue weighted by Gasteiger charge is 2.25. The summed E-state index contributed by atoms with van der Waals surface area (Å²) in [7, 11) is 0. The monoisotopic (exact) mass is 529 g/mol. The van der Waals surface area contributed by atoms with Crippen LogP contribution in [0, 0.1) is 5.92 Å². The molecule has 1 fully saturated rings. The molecule has 0 atom stereocenters. The van der Waals surface area contributed by atoms with Gasteiger partial charge in [0.15, 0.2) is 34.2 Å². The highest BCUT2D eigenvalue weighted by molar-refractivity contribution is 6.31. The van der Waals surface area contributed by atoms with E-state index in [0.717, 1.165) is 25.7 Å².